The van der Waals surface area contributed by atoms with Gasteiger partial charge in [-0.2, -0.15) is 0 Å². The van der Waals surface area contributed by atoms with Crippen molar-refractivity contribution in [2.75, 3.05) is 6.67 Å². The van der Waals surface area contributed by atoms with Crippen LogP contribution in [0.25, 0.3) is 0 Å². The summed E-state index contributed by atoms with van der Waals surface area (Å²) >= 11 is 0. The first kappa shape index (κ1) is 8.03. The fourth-order valence-corrected chi connectivity index (χ4v) is 0.892. The van der Waals surface area contributed by atoms with Crippen LogP contribution in [0.5, 0.6) is 0 Å². The highest BCUT2D eigenvalue weighted by molar-refractivity contribution is 4.47. The molecule has 0 aliphatic rings. The van der Waals surface area contributed by atoms with Gasteiger partial charge in [0, 0.05) is 1.37 Å². The summed E-state index contributed by atoms with van der Waals surface area (Å²) in [6.07, 6.45) is 3.35. The zero-order chi connectivity index (χ0) is 8.69. The van der Waals surface area contributed by atoms with E-state index in [2.05, 4.69) is 13.8 Å². The Morgan fingerprint density at radius 1 is 1.30 bits per heavy atom. The monoisotopic (exact) mass is 148 g/mol. The molecule has 0 aromatic rings. The third-order valence-corrected chi connectivity index (χ3v) is 1.50. The lowest BCUT2D eigenvalue weighted by Crippen LogP contribution is -1.87. The Kier molecular flexibility index (Phi) is 5.66. The molecule has 0 spiro atoms. The summed E-state index contributed by atoms with van der Waals surface area (Å²) in [6.45, 7) is 4.01. The van der Waals surface area contributed by atoms with E-state index in [9.17, 15) is 4.39 Å². The normalized spacial score (nSPS) is 15.4. The molecule has 0 aliphatic heterocycles. The zero-order valence-corrected chi connectivity index (χ0v) is 7.07. The van der Waals surface area contributed by atoms with Crippen LogP contribution in [0.2, 0.25) is 0 Å². The molecule has 0 aromatic carbocycles. The smallest absolute Gasteiger partial charge is 0.0894 e. The minimum atomic E-state index is -0.337. The van der Waals surface area contributed by atoms with E-state index in [0.29, 0.717) is 12.3 Å². The maximum absolute atomic E-state index is 11.7. The first-order chi connectivity index (χ1) is 5.16. The standard InChI is InChI=1S/C9H19F/c1-9(2)7-5-3-4-6-8-10/h9H,3-8H2,1-2H3/i4T. The van der Waals surface area contributed by atoms with E-state index in [1.165, 1.54) is 6.42 Å². The molecule has 1 unspecified atom stereocenters. The van der Waals surface area contributed by atoms with Crippen molar-refractivity contribution in [2.45, 2.75) is 45.9 Å². The maximum Gasteiger partial charge on any atom is 0.0894 e. The van der Waals surface area contributed by atoms with Gasteiger partial charge in [0.2, 0.25) is 0 Å². The average Bonchev–Trinajstić information content (AvgIpc) is 1.87. The summed E-state index contributed by atoms with van der Waals surface area (Å²) in [5.41, 5.74) is 0. The second-order valence-corrected chi connectivity index (χ2v) is 3.09. The van der Waals surface area contributed by atoms with Crippen LogP contribution in [-0.4, -0.2) is 6.67 Å². The Balaban J connectivity index is 3.10. The van der Waals surface area contributed by atoms with Crippen LogP contribution >= 0.6 is 0 Å². The summed E-state index contributed by atoms with van der Waals surface area (Å²) < 4.78 is 19.1. The summed E-state index contributed by atoms with van der Waals surface area (Å²) in [4.78, 5) is 0. The molecule has 0 heterocycles. The third kappa shape index (κ3) is 7.93. The van der Waals surface area contributed by atoms with Crippen LogP contribution in [-0.2, 0) is 0 Å². The Morgan fingerprint density at radius 2 is 2.00 bits per heavy atom. The SMILES string of the molecule is [3H]C(CCF)CCCC(C)C. The third-order valence-electron chi connectivity index (χ3n) is 1.50. The number of rotatable bonds is 6. The minimum absolute atomic E-state index is 0.168. The molecule has 0 bridgehead atoms. The summed E-state index contributed by atoms with van der Waals surface area (Å²) in [7, 11) is 0. The Labute approximate surface area is 65.2 Å². The van der Waals surface area contributed by atoms with E-state index in [-0.39, 0.29) is 13.1 Å². The molecule has 62 valence electrons. The molecular formula is C9H19F. The molecule has 0 rings (SSSR count). The Hall–Kier alpha value is -0.0700. The van der Waals surface area contributed by atoms with Gasteiger partial charge in [0.25, 0.3) is 0 Å². The summed E-state index contributed by atoms with van der Waals surface area (Å²) in [5, 5.41) is 0. The first-order valence-electron chi connectivity index (χ1n) is 4.72. The van der Waals surface area contributed by atoms with Crippen LogP contribution in [0.1, 0.15) is 47.3 Å². The molecular weight excluding hydrogens is 127 g/mol. The van der Waals surface area contributed by atoms with Gasteiger partial charge in [0.05, 0.1) is 6.67 Å². The Bertz CT molecular complexity index is 83.6. The predicted molar refractivity (Wildman–Crippen MR) is 43.9 cm³/mol. The molecule has 0 nitrogen and oxygen atoms in total. The summed E-state index contributed by atoms with van der Waals surface area (Å²) in [6, 6.07) is 0. The molecule has 10 heavy (non-hydrogen) atoms. The van der Waals surface area contributed by atoms with Gasteiger partial charge in [-0.3, -0.25) is 4.39 Å². The van der Waals surface area contributed by atoms with E-state index >= 15 is 0 Å². The lowest BCUT2D eigenvalue weighted by atomic mass is 10.0. The van der Waals surface area contributed by atoms with Crippen LogP contribution in [0.15, 0.2) is 0 Å². The molecule has 0 aliphatic carbocycles. The number of hydrogen-bond acceptors (Lipinski definition) is 0. The highest BCUT2D eigenvalue weighted by Gasteiger charge is 1.93. The van der Waals surface area contributed by atoms with Crippen LogP contribution in [0, 0.1) is 5.92 Å². The molecule has 0 saturated carbocycles. The molecule has 1 heteroatoms. The van der Waals surface area contributed by atoms with Gasteiger partial charge >= 0.3 is 0 Å². The molecule has 0 amide bonds. The van der Waals surface area contributed by atoms with Crippen molar-refractivity contribution < 1.29 is 5.76 Å². The van der Waals surface area contributed by atoms with Crippen molar-refractivity contribution in [2.24, 2.45) is 5.92 Å². The topological polar surface area (TPSA) is 0 Å². The lowest BCUT2D eigenvalue weighted by molar-refractivity contribution is 0.443. The van der Waals surface area contributed by atoms with E-state index in [4.69, 9.17) is 1.37 Å². The number of alkyl halides is 1. The predicted octanol–water partition coefficient (Wildman–Crippen LogP) is 3.56. The average molecular weight is 148 g/mol. The zero-order valence-electron chi connectivity index (χ0n) is 8.07. The highest BCUT2D eigenvalue weighted by Crippen LogP contribution is 2.08. The van der Waals surface area contributed by atoms with Crippen molar-refractivity contribution in [3.63, 3.8) is 0 Å². The second-order valence-electron chi connectivity index (χ2n) is 3.09. The molecule has 0 saturated heterocycles. The first-order valence-corrected chi connectivity index (χ1v) is 4.15. The fourth-order valence-electron chi connectivity index (χ4n) is 0.892. The highest BCUT2D eigenvalue weighted by atomic mass is 19.1. The van der Waals surface area contributed by atoms with Gasteiger partial charge in [0.15, 0.2) is 0 Å². The number of halogens is 1. The lowest BCUT2D eigenvalue weighted by Gasteiger charge is -2.02. The van der Waals surface area contributed by atoms with E-state index in [1.807, 2.05) is 0 Å². The van der Waals surface area contributed by atoms with E-state index in [0.717, 1.165) is 12.8 Å². The molecule has 0 N–H and O–H groups in total. The minimum Gasteiger partial charge on any atom is -0.251 e. The molecule has 0 aromatic heterocycles. The quantitative estimate of drug-likeness (QED) is 0.540. The molecule has 0 radical (unpaired) electrons. The largest absolute Gasteiger partial charge is 0.251 e. The van der Waals surface area contributed by atoms with Crippen LogP contribution in [0.4, 0.5) is 4.39 Å². The van der Waals surface area contributed by atoms with Crippen molar-refractivity contribution >= 4 is 0 Å². The van der Waals surface area contributed by atoms with Crippen LogP contribution in [0.3, 0.4) is 0 Å². The van der Waals surface area contributed by atoms with E-state index in [1.54, 1.807) is 0 Å². The second kappa shape index (κ2) is 7.04. The van der Waals surface area contributed by atoms with Crippen LogP contribution < -0.4 is 0 Å². The summed E-state index contributed by atoms with van der Waals surface area (Å²) in [5.74, 6) is 0.715. The Morgan fingerprint density at radius 3 is 2.50 bits per heavy atom. The van der Waals surface area contributed by atoms with Crippen molar-refractivity contribution in [3.05, 3.63) is 0 Å². The van der Waals surface area contributed by atoms with Crippen molar-refractivity contribution in [1.29, 1.82) is 0 Å². The van der Waals surface area contributed by atoms with Crippen molar-refractivity contribution in [1.82, 2.24) is 0 Å². The van der Waals surface area contributed by atoms with Gasteiger partial charge in [0.1, 0.15) is 0 Å². The van der Waals surface area contributed by atoms with Gasteiger partial charge in [-0.15, -0.1) is 0 Å². The fraction of sp³-hybridized carbons (Fsp3) is 1.00. The van der Waals surface area contributed by atoms with Gasteiger partial charge in [-0.25, -0.2) is 0 Å². The van der Waals surface area contributed by atoms with Gasteiger partial charge in [-0.05, 0) is 12.3 Å². The van der Waals surface area contributed by atoms with Crippen molar-refractivity contribution in [3.8, 4) is 0 Å². The molecule has 0 fully saturated rings. The van der Waals surface area contributed by atoms with E-state index < -0.39 is 0 Å². The number of hydrogen-bond donors (Lipinski definition) is 0. The maximum atomic E-state index is 11.7. The van der Waals surface area contributed by atoms with Gasteiger partial charge in [-0.1, -0.05) is 39.5 Å². The van der Waals surface area contributed by atoms with Gasteiger partial charge < -0.3 is 0 Å². The molecule has 1 atom stereocenters.